The first-order valence-electron chi connectivity index (χ1n) is 22.2. The largest absolute Gasteiger partial charge is 0.508 e. The van der Waals surface area contributed by atoms with Crippen LogP contribution in [0.15, 0.2) is 24.3 Å². The van der Waals surface area contributed by atoms with Crippen LogP contribution in [0.25, 0.3) is 0 Å². The SMILES string of the molecule is CC[C@H](C)[C@H](NC(=O)[C@@H](N)CS)C(=O)N1CCC[C@H]1C(=O)N[C@@H](Cc1ccc(O)cc1)C(=O)N[C@H](C(=O)N[C@@H](CCSC)C(=O)N[C@@H](C)C(=O)N[C@@H](CCSC)C(=O)N[C@@H](CS)C(=O)O)[C@@H](C)O. The van der Waals surface area contributed by atoms with Crippen molar-refractivity contribution in [2.45, 2.75) is 127 Å². The van der Waals surface area contributed by atoms with E-state index in [1.807, 2.05) is 6.92 Å². The summed E-state index contributed by atoms with van der Waals surface area (Å²) in [7, 11) is 0. The number of phenols is 1. The molecule has 1 fully saturated rings. The van der Waals surface area contributed by atoms with Crippen LogP contribution in [0.2, 0.25) is 0 Å². The molecule has 1 saturated heterocycles. The molecule has 1 aromatic rings. The maximum Gasteiger partial charge on any atom is 0.327 e. The number of hydrogen-bond donors (Lipinski definition) is 13. The number of thioether (sulfide) groups is 2. The molecule has 1 aliphatic rings. The van der Waals surface area contributed by atoms with Crippen molar-refractivity contribution in [3.8, 4) is 5.75 Å². The Hall–Kier alpha value is -4.43. The molecule has 2 rings (SSSR count). The van der Waals surface area contributed by atoms with E-state index < -0.39 is 114 Å². The number of thiol groups is 2. The summed E-state index contributed by atoms with van der Waals surface area (Å²) in [5, 5.41) is 48.0. The Kier molecular flexibility index (Phi) is 26.5. The molecule has 0 bridgehead atoms. The fourth-order valence-corrected chi connectivity index (χ4v) is 8.27. The molecule has 0 aromatic heterocycles. The highest BCUT2D eigenvalue weighted by atomic mass is 32.2. The van der Waals surface area contributed by atoms with Gasteiger partial charge in [0, 0.05) is 24.5 Å². The average molecular weight is 1030 g/mol. The Morgan fingerprint density at radius 3 is 1.76 bits per heavy atom. The number of aliphatic carboxylic acids is 1. The standard InChI is InChI=1S/C43H69N9O12S4/c1-7-22(2)33(50-36(56)27(44)20-65)42(62)52-16-8-9-32(52)40(60)48-30(19-25-10-12-26(54)13-11-25)39(59)51-34(24(4)53)41(61)47-28(14-17-67-5)37(57)45-23(3)35(55)46-29(15-18-68-6)38(58)49-31(21-66)43(63)64/h10-13,22-24,27-34,53-54,65-66H,7-9,14-21,44H2,1-6H3,(H,45,57)(H,46,55)(H,47,61)(H,48,60)(H,49,58)(H,50,56)(H,51,59)(H,63,64)/t22-,23-,24+,27-,28-,29-,30-,31-,32-,33-,34-/m0/s1. The fraction of sp³-hybridized carbons (Fsp3) is 0.651. The van der Waals surface area contributed by atoms with E-state index in [1.165, 1.54) is 66.5 Å². The summed E-state index contributed by atoms with van der Waals surface area (Å²) in [6.45, 7) is 6.40. The monoisotopic (exact) mass is 1030 g/mol. The molecule has 0 spiro atoms. The number of nitrogens with zero attached hydrogens (tertiary/aromatic N) is 1. The van der Waals surface area contributed by atoms with Gasteiger partial charge in [0.2, 0.25) is 47.3 Å². The predicted octanol–water partition coefficient (Wildman–Crippen LogP) is -1.46. The average Bonchev–Trinajstić information content (AvgIpc) is 3.81. The minimum absolute atomic E-state index is 0.0403. The van der Waals surface area contributed by atoms with Gasteiger partial charge in [0.1, 0.15) is 54.1 Å². The van der Waals surface area contributed by atoms with Crippen molar-refractivity contribution in [3.05, 3.63) is 29.8 Å². The molecule has 1 heterocycles. The topological polar surface area (TPSA) is 328 Å². The highest BCUT2D eigenvalue weighted by molar-refractivity contribution is 7.98. The van der Waals surface area contributed by atoms with Crippen LogP contribution in [0.3, 0.4) is 0 Å². The zero-order chi connectivity index (χ0) is 51.2. The van der Waals surface area contributed by atoms with Crippen LogP contribution in [-0.4, -0.2) is 176 Å². The smallest absolute Gasteiger partial charge is 0.327 e. The van der Waals surface area contributed by atoms with Gasteiger partial charge in [0.25, 0.3) is 0 Å². The summed E-state index contributed by atoms with van der Waals surface area (Å²) in [6, 6.07) is -5.30. The lowest BCUT2D eigenvalue weighted by Crippen LogP contribution is -2.62. The van der Waals surface area contributed by atoms with Crippen molar-refractivity contribution >= 4 is 102 Å². The van der Waals surface area contributed by atoms with Gasteiger partial charge in [-0.3, -0.25) is 38.4 Å². The van der Waals surface area contributed by atoms with Gasteiger partial charge < -0.3 is 63.2 Å². The summed E-state index contributed by atoms with van der Waals surface area (Å²) >= 11 is 10.8. The molecule has 68 heavy (non-hydrogen) atoms. The van der Waals surface area contributed by atoms with Crippen LogP contribution in [0.1, 0.15) is 65.4 Å². The van der Waals surface area contributed by atoms with E-state index in [9.17, 15) is 58.5 Å². The van der Waals surface area contributed by atoms with Gasteiger partial charge in [0.05, 0.1) is 12.1 Å². The highest BCUT2D eigenvalue weighted by Gasteiger charge is 2.41. The molecule has 0 radical (unpaired) electrons. The van der Waals surface area contributed by atoms with Gasteiger partial charge in [-0.05, 0) is 87.2 Å². The number of carboxylic acid groups (broad SMARTS) is 1. The molecule has 0 unspecified atom stereocenters. The molecule has 25 heteroatoms. The quantitative estimate of drug-likeness (QED) is 0.0408. The van der Waals surface area contributed by atoms with E-state index >= 15 is 0 Å². The Balaban J connectivity index is 2.33. The molecule has 11 atom stereocenters. The Morgan fingerprint density at radius 2 is 1.25 bits per heavy atom. The highest BCUT2D eigenvalue weighted by Crippen LogP contribution is 2.22. The van der Waals surface area contributed by atoms with Gasteiger partial charge in [-0.25, -0.2) is 4.79 Å². The number of hydrogen-bond acceptors (Lipinski definition) is 16. The number of likely N-dealkylation sites (tertiary alicyclic amines) is 1. The Bertz CT molecular complexity index is 1890. The summed E-state index contributed by atoms with van der Waals surface area (Å²) in [5.41, 5.74) is 6.36. The zero-order valence-corrected chi connectivity index (χ0v) is 42.6. The molecule has 1 aromatic carbocycles. The van der Waals surface area contributed by atoms with Gasteiger partial charge in [-0.1, -0.05) is 32.4 Å². The van der Waals surface area contributed by atoms with Crippen LogP contribution in [0.5, 0.6) is 5.75 Å². The molecule has 1 aliphatic heterocycles. The third-order valence-corrected chi connectivity index (χ3v) is 13.3. The number of aromatic hydroxyl groups is 1. The third kappa shape index (κ3) is 18.8. The minimum atomic E-state index is -1.68. The van der Waals surface area contributed by atoms with Crippen LogP contribution in [-0.2, 0) is 49.6 Å². The number of carbonyl (C=O) groups is 9. The first kappa shape index (κ1) is 59.7. The van der Waals surface area contributed by atoms with Crippen molar-refractivity contribution < 1.29 is 58.5 Å². The molecule has 0 aliphatic carbocycles. The number of amides is 8. The van der Waals surface area contributed by atoms with Crippen molar-refractivity contribution in [1.29, 1.82) is 0 Å². The maximum absolute atomic E-state index is 14.2. The molecular formula is C43H69N9O12S4. The molecule has 0 saturated carbocycles. The molecular weight excluding hydrogens is 963 g/mol. The Morgan fingerprint density at radius 1 is 0.721 bits per heavy atom. The van der Waals surface area contributed by atoms with E-state index in [2.05, 4.69) is 62.5 Å². The predicted molar refractivity (Wildman–Crippen MR) is 266 cm³/mol. The first-order chi connectivity index (χ1) is 32.1. The van der Waals surface area contributed by atoms with Crippen molar-refractivity contribution in [1.82, 2.24) is 42.1 Å². The van der Waals surface area contributed by atoms with Crippen LogP contribution < -0.4 is 43.0 Å². The molecule has 21 nitrogen and oxygen atoms in total. The van der Waals surface area contributed by atoms with Gasteiger partial charge in [-0.15, -0.1) is 0 Å². The molecule has 12 N–H and O–H groups in total. The van der Waals surface area contributed by atoms with E-state index in [1.54, 1.807) is 19.4 Å². The molecule has 8 amide bonds. The zero-order valence-electron chi connectivity index (χ0n) is 39.2. The summed E-state index contributed by atoms with van der Waals surface area (Å²) < 4.78 is 0. The van der Waals surface area contributed by atoms with Gasteiger partial charge >= 0.3 is 5.97 Å². The normalized spacial score (nSPS) is 17.9. The second kappa shape index (κ2) is 30.2. The summed E-state index contributed by atoms with van der Waals surface area (Å²) in [6.07, 6.45) is 3.22. The van der Waals surface area contributed by atoms with E-state index in [0.29, 0.717) is 29.9 Å². The second-order valence-electron chi connectivity index (χ2n) is 16.5. The number of aliphatic hydroxyl groups excluding tert-OH is 1. The number of carboxylic acids is 1. The maximum atomic E-state index is 14.2. The number of phenolic OH excluding ortho intramolecular Hbond substituents is 1. The Labute approximate surface area is 416 Å². The number of nitrogens with one attached hydrogen (secondary N) is 7. The fourth-order valence-electron chi connectivity index (χ4n) is 6.92. The van der Waals surface area contributed by atoms with Gasteiger partial charge in [0.15, 0.2) is 0 Å². The lowest BCUT2D eigenvalue weighted by atomic mass is 9.97. The van der Waals surface area contributed by atoms with Crippen LogP contribution >= 0.6 is 48.8 Å². The van der Waals surface area contributed by atoms with Crippen LogP contribution in [0, 0.1) is 5.92 Å². The minimum Gasteiger partial charge on any atom is -0.508 e. The van der Waals surface area contributed by atoms with Crippen LogP contribution in [0.4, 0.5) is 0 Å². The summed E-state index contributed by atoms with van der Waals surface area (Å²) in [4.78, 5) is 122. The van der Waals surface area contributed by atoms with E-state index in [0.717, 1.165) is 0 Å². The lowest BCUT2D eigenvalue weighted by molar-refractivity contribution is -0.143. The van der Waals surface area contributed by atoms with E-state index in [-0.39, 0.29) is 55.4 Å². The second-order valence-corrected chi connectivity index (χ2v) is 19.2. The van der Waals surface area contributed by atoms with Gasteiger partial charge in [-0.2, -0.15) is 48.8 Å². The number of rotatable bonds is 29. The third-order valence-electron chi connectivity index (χ3n) is 11.3. The number of benzene rings is 1. The number of nitrogens with two attached hydrogens (primary N) is 1. The summed E-state index contributed by atoms with van der Waals surface area (Å²) in [5.74, 6) is -7.07. The number of carbonyl (C=O) groups excluding carboxylic acids is 8. The van der Waals surface area contributed by atoms with Crippen molar-refractivity contribution in [3.63, 3.8) is 0 Å². The van der Waals surface area contributed by atoms with Crippen molar-refractivity contribution in [2.75, 3.05) is 42.1 Å². The van der Waals surface area contributed by atoms with Crippen molar-refractivity contribution in [2.24, 2.45) is 11.7 Å². The molecule has 382 valence electrons. The first-order valence-corrected chi connectivity index (χ1v) is 26.3. The number of aliphatic hydroxyl groups is 1. The lowest BCUT2D eigenvalue weighted by Gasteiger charge is -2.32. The van der Waals surface area contributed by atoms with E-state index in [4.69, 9.17) is 5.73 Å².